The highest BCUT2D eigenvalue weighted by Gasteiger charge is 2.67. The zero-order chi connectivity index (χ0) is 21.0. The normalized spacial score (nSPS) is 34.1. The number of imide groups is 1. The van der Waals surface area contributed by atoms with Crippen molar-refractivity contribution in [3.8, 4) is 0 Å². The molecule has 3 fully saturated rings. The second kappa shape index (κ2) is 7.76. The third-order valence-corrected chi connectivity index (χ3v) is 9.65. The van der Waals surface area contributed by atoms with Gasteiger partial charge in [-0.2, -0.15) is 0 Å². The van der Waals surface area contributed by atoms with Crippen LogP contribution in [-0.4, -0.2) is 38.3 Å². The highest BCUT2D eigenvalue weighted by atomic mass is 79.9. The zero-order valence-corrected chi connectivity index (χ0v) is 19.3. The molecule has 0 aromatic heterocycles. The van der Waals surface area contributed by atoms with E-state index in [0.29, 0.717) is 12.1 Å². The number of hydrogen-bond donors (Lipinski definition) is 1. The number of fused-ring (bicyclic) bond motifs is 5. The van der Waals surface area contributed by atoms with Gasteiger partial charge in [0.1, 0.15) is 11.9 Å². The molecule has 7 atom stereocenters. The number of carbonyl (C=O) groups excluding carboxylic acids is 3. The van der Waals surface area contributed by atoms with Gasteiger partial charge in [-0.1, -0.05) is 45.7 Å². The van der Waals surface area contributed by atoms with Gasteiger partial charge in [0.25, 0.3) is 0 Å². The number of rotatable bonds is 5. The predicted octanol–water partition coefficient (Wildman–Crippen LogP) is 3.96. The van der Waals surface area contributed by atoms with Crippen LogP contribution in [0.25, 0.3) is 0 Å². The number of benzene rings is 1. The van der Waals surface area contributed by atoms with E-state index in [2.05, 4.69) is 37.2 Å². The molecule has 156 valence electrons. The van der Waals surface area contributed by atoms with Crippen molar-refractivity contribution in [2.75, 3.05) is 5.32 Å². The number of carbonyl (C=O) groups is 3. The summed E-state index contributed by atoms with van der Waals surface area (Å²) in [4.78, 5) is 41.2. The highest BCUT2D eigenvalue weighted by molar-refractivity contribution is 9.12. The first-order valence-electron chi connectivity index (χ1n) is 9.92. The van der Waals surface area contributed by atoms with Crippen LogP contribution in [0.4, 0.5) is 10.1 Å². The van der Waals surface area contributed by atoms with Gasteiger partial charge in [0.2, 0.25) is 17.7 Å². The number of nitrogens with one attached hydrogen (secondary N) is 1. The zero-order valence-electron chi connectivity index (χ0n) is 16.1. The third kappa shape index (κ3) is 3.46. The molecule has 1 aromatic carbocycles. The first-order chi connectivity index (χ1) is 13.7. The van der Waals surface area contributed by atoms with Crippen molar-refractivity contribution in [3.63, 3.8) is 0 Å². The fraction of sp³-hybridized carbons (Fsp3) is 0.571. The second-order valence-corrected chi connectivity index (χ2v) is 10.8. The standard InChI is InChI=1S/C21H23Br2FN2O3/c1-9(2)7-14(19(27)25-11-5-3-10(24)4-6-11)26-20(28)15-12-8-13(16(15)21(26)29)18(23)17(12)22/h3-6,9,12-18H,7-8H2,1-2H3,(H,25,27)/t12-,13-,14-,15-,16-,17-,18+/m0/s1. The average Bonchev–Trinajstić information content (AvgIpc) is 3.27. The molecule has 2 aliphatic carbocycles. The van der Waals surface area contributed by atoms with Crippen molar-refractivity contribution < 1.29 is 18.8 Å². The second-order valence-electron chi connectivity index (χ2n) is 8.69. The van der Waals surface area contributed by atoms with Gasteiger partial charge in [-0.05, 0) is 54.9 Å². The number of alkyl halides is 2. The van der Waals surface area contributed by atoms with Crippen LogP contribution in [0, 0.1) is 35.4 Å². The van der Waals surface area contributed by atoms with E-state index >= 15 is 0 Å². The molecule has 4 rings (SSSR count). The minimum absolute atomic E-state index is 0.107. The Bertz CT molecular complexity index is 815. The van der Waals surface area contributed by atoms with Gasteiger partial charge in [-0.15, -0.1) is 0 Å². The Morgan fingerprint density at radius 2 is 1.62 bits per heavy atom. The fourth-order valence-electron chi connectivity index (χ4n) is 5.21. The topological polar surface area (TPSA) is 66.5 Å². The number of hydrogen-bond acceptors (Lipinski definition) is 3. The molecule has 0 radical (unpaired) electrons. The smallest absolute Gasteiger partial charge is 0.247 e. The lowest BCUT2D eigenvalue weighted by atomic mass is 9.81. The first-order valence-corrected chi connectivity index (χ1v) is 11.7. The van der Waals surface area contributed by atoms with E-state index < -0.39 is 17.8 Å². The Morgan fingerprint density at radius 1 is 1.10 bits per heavy atom. The summed E-state index contributed by atoms with van der Waals surface area (Å²) in [6.07, 6.45) is 1.23. The van der Waals surface area contributed by atoms with Crippen LogP contribution >= 0.6 is 31.9 Å². The number of amides is 3. The Morgan fingerprint density at radius 3 is 2.10 bits per heavy atom. The van der Waals surface area contributed by atoms with Gasteiger partial charge >= 0.3 is 0 Å². The van der Waals surface area contributed by atoms with Crippen LogP contribution in [0.2, 0.25) is 0 Å². The van der Waals surface area contributed by atoms with Gasteiger partial charge in [-0.3, -0.25) is 19.3 Å². The van der Waals surface area contributed by atoms with Crippen molar-refractivity contribution >= 4 is 55.3 Å². The summed E-state index contributed by atoms with van der Waals surface area (Å²) in [6.45, 7) is 3.91. The van der Waals surface area contributed by atoms with Crippen molar-refractivity contribution in [2.24, 2.45) is 29.6 Å². The van der Waals surface area contributed by atoms with Crippen LogP contribution in [-0.2, 0) is 14.4 Å². The van der Waals surface area contributed by atoms with Crippen molar-refractivity contribution in [3.05, 3.63) is 30.1 Å². The summed E-state index contributed by atoms with van der Waals surface area (Å²) in [6, 6.07) is 4.58. The molecule has 3 aliphatic rings. The maximum atomic E-state index is 13.3. The molecule has 1 heterocycles. The van der Waals surface area contributed by atoms with Crippen molar-refractivity contribution in [1.29, 1.82) is 0 Å². The monoisotopic (exact) mass is 528 g/mol. The lowest BCUT2D eigenvalue weighted by molar-refractivity contribution is -0.147. The maximum Gasteiger partial charge on any atom is 0.247 e. The third-order valence-electron chi connectivity index (χ3n) is 6.44. The van der Waals surface area contributed by atoms with Gasteiger partial charge in [0, 0.05) is 15.3 Å². The van der Waals surface area contributed by atoms with Crippen molar-refractivity contribution in [2.45, 2.75) is 42.4 Å². The molecule has 0 unspecified atom stereocenters. The van der Waals surface area contributed by atoms with E-state index in [1.165, 1.54) is 29.2 Å². The number of anilines is 1. The lowest BCUT2D eigenvalue weighted by Gasteiger charge is -2.28. The Hall–Kier alpha value is -1.28. The molecule has 1 aliphatic heterocycles. The molecule has 29 heavy (non-hydrogen) atoms. The maximum absolute atomic E-state index is 13.3. The Labute approximate surface area is 186 Å². The Kier molecular flexibility index (Phi) is 5.61. The quantitative estimate of drug-likeness (QED) is 0.464. The van der Waals surface area contributed by atoms with Gasteiger partial charge in [0.15, 0.2) is 0 Å². The summed E-state index contributed by atoms with van der Waals surface area (Å²) in [5.41, 5.74) is 0.436. The minimum atomic E-state index is -0.868. The molecule has 0 spiro atoms. The van der Waals surface area contributed by atoms with Gasteiger partial charge in [-0.25, -0.2) is 4.39 Å². The molecule has 2 bridgehead atoms. The summed E-state index contributed by atoms with van der Waals surface area (Å²) >= 11 is 7.36. The van der Waals surface area contributed by atoms with Crippen LogP contribution in [0.5, 0.6) is 0 Å². The van der Waals surface area contributed by atoms with E-state index in [1.54, 1.807) is 0 Å². The first kappa shape index (κ1) is 21.0. The number of nitrogens with zero attached hydrogens (tertiary/aromatic N) is 1. The van der Waals surface area contributed by atoms with Gasteiger partial charge < -0.3 is 5.32 Å². The Balaban J connectivity index is 1.60. The molecular formula is C21H23Br2FN2O3. The van der Waals surface area contributed by atoms with E-state index in [1.807, 2.05) is 13.8 Å². The molecule has 1 saturated heterocycles. The van der Waals surface area contributed by atoms with Crippen LogP contribution in [0.3, 0.4) is 0 Å². The van der Waals surface area contributed by atoms with E-state index in [0.717, 1.165) is 6.42 Å². The molecule has 2 saturated carbocycles. The van der Waals surface area contributed by atoms with E-state index in [9.17, 15) is 18.8 Å². The molecule has 1 N–H and O–H groups in total. The van der Waals surface area contributed by atoms with Crippen molar-refractivity contribution in [1.82, 2.24) is 4.90 Å². The molecule has 3 amide bonds. The fourth-order valence-corrected chi connectivity index (χ4v) is 7.09. The van der Waals surface area contributed by atoms with Crippen LogP contribution in [0.15, 0.2) is 24.3 Å². The molecule has 8 heteroatoms. The van der Waals surface area contributed by atoms with Crippen LogP contribution < -0.4 is 5.32 Å². The number of halogens is 3. The highest BCUT2D eigenvalue weighted by Crippen LogP contribution is 2.60. The molecule has 1 aromatic rings. The summed E-state index contributed by atoms with van der Waals surface area (Å²) in [5.74, 6) is -1.63. The largest absolute Gasteiger partial charge is 0.324 e. The van der Waals surface area contributed by atoms with E-state index in [-0.39, 0.29) is 51.1 Å². The van der Waals surface area contributed by atoms with E-state index in [4.69, 9.17) is 0 Å². The lowest BCUT2D eigenvalue weighted by Crippen LogP contribution is -2.49. The summed E-state index contributed by atoms with van der Waals surface area (Å²) in [5, 5.41) is 2.74. The summed E-state index contributed by atoms with van der Waals surface area (Å²) in [7, 11) is 0. The molecule has 5 nitrogen and oxygen atoms in total. The van der Waals surface area contributed by atoms with Crippen LogP contribution in [0.1, 0.15) is 26.7 Å². The number of likely N-dealkylation sites (tertiary alicyclic amines) is 1. The predicted molar refractivity (Wildman–Crippen MR) is 114 cm³/mol. The average molecular weight is 530 g/mol. The SMILES string of the molecule is CC(C)C[C@@H](C(=O)Nc1ccc(F)cc1)N1C(=O)[C@H]2[C@@H]3C[C@H]([C@@H](Br)[C@H]3Br)[C@@H]2C1=O. The molecular weight excluding hydrogens is 507 g/mol. The van der Waals surface area contributed by atoms with Gasteiger partial charge in [0.05, 0.1) is 11.8 Å². The summed E-state index contributed by atoms with van der Waals surface area (Å²) < 4.78 is 13.2. The minimum Gasteiger partial charge on any atom is -0.324 e.